The van der Waals surface area contributed by atoms with Crippen LogP contribution in [0.3, 0.4) is 0 Å². The summed E-state index contributed by atoms with van der Waals surface area (Å²) in [4.78, 5) is 16.5. The van der Waals surface area contributed by atoms with Gasteiger partial charge in [0.15, 0.2) is 15.3 Å². The second-order valence-corrected chi connectivity index (χ2v) is 9.48. The van der Waals surface area contributed by atoms with Crippen molar-refractivity contribution in [3.63, 3.8) is 0 Å². The Kier molecular flexibility index (Phi) is 5.75. The fourth-order valence-electron chi connectivity index (χ4n) is 3.39. The molecule has 0 aliphatic carbocycles. The minimum atomic E-state index is -3.24. The van der Waals surface area contributed by atoms with Gasteiger partial charge in [0.1, 0.15) is 0 Å². The van der Waals surface area contributed by atoms with Gasteiger partial charge in [0.2, 0.25) is 0 Å². The van der Waals surface area contributed by atoms with Gasteiger partial charge in [0.05, 0.1) is 4.90 Å². The topological polar surface area (TPSA) is 67.0 Å². The Morgan fingerprint density at radius 2 is 1.65 bits per heavy atom. The Labute approximate surface area is 181 Å². The van der Waals surface area contributed by atoms with Crippen LogP contribution in [-0.4, -0.2) is 19.7 Å². The molecule has 31 heavy (non-hydrogen) atoms. The molecule has 0 radical (unpaired) electrons. The van der Waals surface area contributed by atoms with E-state index in [9.17, 15) is 13.2 Å². The lowest BCUT2D eigenvalue weighted by molar-refractivity contribution is 0.602. The van der Waals surface area contributed by atoms with Gasteiger partial charge in [-0.2, -0.15) is 0 Å². The molecule has 0 aliphatic rings. The van der Waals surface area contributed by atoms with E-state index in [1.54, 1.807) is 30.5 Å². The summed E-state index contributed by atoms with van der Waals surface area (Å²) in [7, 11) is -3.24. The second kappa shape index (κ2) is 8.63. The summed E-state index contributed by atoms with van der Waals surface area (Å²) < 4.78 is 23.2. The molecule has 154 valence electrons. The molecule has 1 heterocycles. The van der Waals surface area contributed by atoms with Gasteiger partial charge in [0, 0.05) is 47.3 Å². The standard InChI is InChI=1S/C26H21NO3S/c1-31(29,30)23-13-10-21(11-14-23)16-22-18-27-25-15-12-20(17-24(25)26(22)28)9-5-8-19-6-3-2-4-7-19/h2-4,6-7,10-15,17-18H,8,16H2,1H3,(H,27,28). The lowest BCUT2D eigenvalue weighted by Crippen LogP contribution is -2.11. The van der Waals surface area contributed by atoms with Crippen molar-refractivity contribution in [2.45, 2.75) is 17.7 Å². The molecular formula is C26H21NO3S. The molecule has 4 rings (SSSR count). The van der Waals surface area contributed by atoms with Crippen LogP contribution in [0.2, 0.25) is 0 Å². The van der Waals surface area contributed by atoms with Crippen molar-refractivity contribution in [3.05, 3.63) is 111 Å². The molecule has 0 spiro atoms. The summed E-state index contributed by atoms with van der Waals surface area (Å²) in [6.07, 6.45) is 3.96. The summed E-state index contributed by atoms with van der Waals surface area (Å²) >= 11 is 0. The quantitative estimate of drug-likeness (QED) is 0.498. The number of aromatic amines is 1. The molecule has 5 heteroatoms. The van der Waals surface area contributed by atoms with Gasteiger partial charge in [-0.1, -0.05) is 54.3 Å². The smallest absolute Gasteiger partial charge is 0.192 e. The molecule has 1 aromatic heterocycles. The van der Waals surface area contributed by atoms with Crippen LogP contribution in [0.4, 0.5) is 0 Å². The van der Waals surface area contributed by atoms with Gasteiger partial charge >= 0.3 is 0 Å². The van der Waals surface area contributed by atoms with Crippen LogP contribution in [0.1, 0.15) is 22.3 Å². The monoisotopic (exact) mass is 427 g/mol. The predicted octanol–water partition coefficient (Wildman–Crippen LogP) is 4.12. The zero-order chi connectivity index (χ0) is 21.8. The van der Waals surface area contributed by atoms with Crippen LogP contribution < -0.4 is 5.43 Å². The van der Waals surface area contributed by atoms with Gasteiger partial charge < -0.3 is 4.98 Å². The van der Waals surface area contributed by atoms with Crippen LogP contribution in [0.15, 0.2) is 88.7 Å². The third-order valence-corrected chi connectivity index (χ3v) is 6.20. The number of pyridine rings is 1. The van der Waals surface area contributed by atoms with E-state index in [1.165, 1.54) is 6.26 Å². The minimum Gasteiger partial charge on any atom is -0.361 e. The molecule has 0 unspecified atom stereocenters. The number of nitrogens with one attached hydrogen (secondary N) is 1. The molecule has 0 aliphatic heterocycles. The normalized spacial score (nSPS) is 11.1. The highest BCUT2D eigenvalue weighted by Gasteiger charge is 2.09. The maximum Gasteiger partial charge on any atom is 0.192 e. The molecule has 0 saturated carbocycles. The summed E-state index contributed by atoms with van der Waals surface area (Å²) in [5.74, 6) is 6.30. The number of H-pyrrole nitrogens is 1. The largest absolute Gasteiger partial charge is 0.361 e. The second-order valence-electron chi connectivity index (χ2n) is 7.46. The van der Waals surface area contributed by atoms with E-state index < -0.39 is 9.84 Å². The molecular weight excluding hydrogens is 406 g/mol. The maximum atomic E-state index is 13.0. The van der Waals surface area contributed by atoms with Crippen molar-refractivity contribution in [2.24, 2.45) is 0 Å². The van der Waals surface area contributed by atoms with Crippen molar-refractivity contribution < 1.29 is 8.42 Å². The first-order valence-corrected chi connectivity index (χ1v) is 11.8. The first kappa shape index (κ1) is 20.6. The average molecular weight is 428 g/mol. The average Bonchev–Trinajstić information content (AvgIpc) is 2.76. The molecule has 4 aromatic rings. The van der Waals surface area contributed by atoms with Crippen molar-refractivity contribution in [2.75, 3.05) is 6.26 Å². The number of fused-ring (bicyclic) bond motifs is 1. The number of benzene rings is 3. The van der Waals surface area contributed by atoms with E-state index in [-0.39, 0.29) is 10.3 Å². The molecule has 0 atom stereocenters. The van der Waals surface area contributed by atoms with Crippen LogP contribution in [0.25, 0.3) is 10.9 Å². The third kappa shape index (κ3) is 4.93. The molecule has 1 N–H and O–H groups in total. The number of rotatable bonds is 4. The highest BCUT2D eigenvalue weighted by atomic mass is 32.2. The zero-order valence-corrected chi connectivity index (χ0v) is 17.9. The number of sulfone groups is 1. The Balaban J connectivity index is 1.60. The van der Waals surface area contributed by atoms with E-state index >= 15 is 0 Å². The molecule has 0 amide bonds. The Hall–Kier alpha value is -3.62. The summed E-state index contributed by atoms with van der Waals surface area (Å²) in [5.41, 5.74) is 4.15. The highest BCUT2D eigenvalue weighted by Crippen LogP contribution is 2.15. The van der Waals surface area contributed by atoms with Crippen LogP contribution in [0.5, 0.6) is 0 Å². The Morgan fingerprint density at radius 3 is 2.35 bits per heavy atom. The van der Waals surface area contributed by atoms with Crippen molar-refractivity contribution in [1.82, 2.24) is 4.98 Å². The highest BCUT2D eigenvalue weighted by molar-refractivity contribution is 7.90. The molecule has 0 bridgehead atoms. The van der Waals surface area contributed by atoms with E-state index in [4.69, 9.17) is 0 Å². The first-order valence-electron chi connectivity index (χ1n) is 9.86. The fourth-order valence-corrected chi connectivity index (χ4v) is 4.02. The molecule has 3 aromatic carbocycles. The summed E-state index contributed by atoms with van der Waals surface area (Å²) in [5, 5.41) is 0.594. The molecule has 0 fully saturated rings. The van der Waals surface area contributed by atoms with Gasteiger partial charge in [-0.05, 0) is 41.5 Å². The van der Waals surface area contributed by atoms with Gasteiger partial charge in [-0.15, -0.1) is 0 Å². The van der Waals surface area contributed by atoms with Crippen molar-refractivity contribution in [1.29, 1.82) is 0 Å². The Morgan fingerprint density at radius 1 is 0.903 bits per heavy atom. The van der Waals surface area contributed by atoms with Crippen molar-refractivity contribution in [3.8, 4) is 11.8 Å². The number of hydrogen-bond donors (Lipinski definition) is 1. The van der Waals surface area contributed by atoms with Gasteiger partial charge in [-0.25, -0.2) is 8.42 Å². The van der Waals surface area contributed by atoms with Crippen LogP contribution in [-0.2, 0) is 22.7 Å². The van der Waals surface area contributed by atoms with Crippen LogP contribution >= 0.6 is 0 Å². The van der Waals surface area contributed by atoms with Crippen molar-refractivity contribution >= 4 is 20.7 Å². The minimum absolute atomic E-state index is 0.0485. The van der Waals surface area contributed by atoms with E-state index in [1.807, 2.05) is 48.5 Å². The van der Waals surface area contributed by atoms with Crippen LogP contribution in [0, 0.1) is 11.8 Å². The lowest BCUT2D eigenvalue weighted by atomic mass is 10.0. The number of hydrogen-bond acceptors (Lipinski definition) is 3. The van der Waals surface area contributed by atoms with Gasteiger partial charge in [-0.3, -0.25) is 4.79 Å². The number of aromatic nitrogens is 1. The Bertz CT molecular complexity index is 1460. The van der Waals surface area contributed by atoms with Gasteiger partial charge in [0.25, 0.3) is 0 Å². The summed E-state index contributed by atoms with van der Waals surface area (Å²) in [6.45, 7) is 0. The zero-order valence-electron chi connectivity index (χ0n) is 17.1. The lowest BCUT2D eigenvalue weighted by Gasteiger charge is -2.05. The van der Waals surface area contributed by atoms with E-state index in [2.05, 4.69) is 16.8 Å². The molecule has 4 nitrogen and oxygen atoms in total. The first-order chi connectivity index (χ1) is 14.9. The maximum absolute atomic E-state index is 13.0. The third-order valence-electron chi connectivity index (χ3n) is 5.07. The SMILES string of the molecule is CS(=O)(=O)c1ccc(Cc2c[nH]c3ccc(C#CCc4ccccc4)cc3c2=O)cc1. The predicted molar refractivity (Wildman–Crippen MR) is 124 cm³/mol. The fraction of sp³-hybridized carbons (Fsp3) is 0.115. The summed E-state index contributed by atoms with van der Waals surface area (Å²) in [6, 6.07) is 22.2. The van der Waals surface area contributed by atoms with E-state index in [0.29, 0.717) is 23.8 Å². The van der Waals surface area contributed by atoms with E-state index in [0.717, 1.165) is 22.2 Å². The molecule has 0 saturated heterocycles.